The molecule has 4 unspecified atom stereocenters. The van der Waals surface area contributed by atoms with E-state index >= 15 is 0 Å². The number of aliphatic hydroxyl groups is 1. The van der Waals surface area contributed by atoms with Gasteiger partial charge in [-0.2, -0.15) is 4.40 Å². The number of nitrogens with zero attached hydrogens (tertiary/aromatic N) is 12. The number of aromatic nitrogens is 4. The number of allylic oxidation sites excluding steroid dienone is 2. The van der Waals surface area contributed by atoms with Gasteiger partial charge in [0.05, 0.1) is 45.5 Å². The first-order valence-corrected chi connectivity index (χ1v) is 43.1. The summed E-state index contributed by atoms with van der Waals surface area (Å²) in [5.74, 6) is 1.75. The van der Waals surface area contributed by atoms with Crippen molar-refractivity contribution in [3.8, 4) is 22.5 Å². The molecule has 9 aliphatic heterocycles. The predicted molar refractivity (Wildman–Crippen MR) is 482 cm³/mol. The van der Waals surface area contributed by atoms with Crippen molar-refractivity contribution in [3.63, 3.8) is 0 Å². The summed E-state index contributed by atoms with van der Waals surface area (Å²) >= 11 is 1.63. The number of carbonyl (C=O) groups excluding carboxylic acids is 1. The maximum absolute atomic E-state index is 10.0. The summed E-state index contributed by atoms with van der Waals surface area (Å²) in [4.78, 5) is 38.9. The van der Waals surface area contributed by atoms with Gasteiger partial charge in [0.1, 0.15) is 59.7 Å². The number of carbonyl (C=O) groups is 1. The van der Waals surface area contributed by atoms with Gasteiger partial charge in [-0.3, -0.25) is 9.78 Å². The third-order valence-electron chi connectivity index (χ3n) is 26.6. The average Bonchev–Trinajstić information content (AvgIpc) is 1.49. The molecule has 15 aromatic rings. The van der Waals surface area contributed by atoms with E-state index in [1.54, 1.807) is 34.4 Å². The number of thiophene rings is 1. The van der Waals surface area contributed by atoms with Crippen LogP contribution in [0.1, 0.15) is 129 Å². The second kappa shape index (κ2) is 31.0. The molecule has 4 atom stereocenters. The monoisotopic (exact) mass is 1760 g/mol. The number of likely N-dealkylation sites (N-methyl/N-ethyl adjacent to an activating group) is 4. The minimum Gasteiger partial charge on any atom is -0.512 e. The Hall–Kier alpha value is -12.0. The number of rotatable bonds is 5. The van der Waals surface area contributed by atoms with Gasteiger partial charge in [0, 0.05) is 147 Å². The van der Waals surface area contributed by atoms with Crippen molar-refractivity contribution in [2.24, 2.45) is 0 Å². The number of ketones is 1. The fourth-order valence-electron chi connectivity index (χ4n) is 21.5. The fourth-order valence-corrected chi connectivity index (χ4v) is 22.2. The molecule has 26 rings (SSSR count). The number of anilines is 8. The quantitative estimate of drug-likeness (QED) is 0.0581. The van der Waals surface area contributed by atoms with E-state index in [1.165, 1.54) is 196 Å². The molecule has 5 aromatic heterocycles. The first kappa shape index (κ1) is 75.7. The van der Waals surface area contributed by atoms with E-state index in [1.807, 2.05) is 41.8 Å². The second-order valence-corrected chi connectivity index (χ2v) is 34.4. The number of para-hydroxylation sites is 7. The maximum Gasteiger partial charge on any atom is 0.295 e. The topological polar surface area (TPSA) is 110 Å². The Bertz CT molecular complexity index is 6430. The van der Waals surface area contributed by atoms with Crippen LogP contribution in [0, 0.1) is 6.07 Å². The van der Waals surface area contributed by atoms with Crippen molar-refractivity contribution in [3.05, 3.63) is 312 Å². The SMILES string of the molecule is CC(=O)C=C(C)O.CN1C=CN2c3c(ccc4c3oc3ccccc34)CC12.CN1C=CN2c3ccccc3CC12.CN1c2ccccc2N2c3cccc4c3C(C12)C1N(C)c2ccccc2N41.[Ir].[c-]1ccccc1-c1ncnc2sccc12.c1cc(C2CCCCC2)c(-c2c[n+]3c4c5c(cccc5c5ccccc5n24)C3)c(C2CCCCC2)c1. The molecule has 17 heteroatoms. The Morgan fingerprint density at radius 1 is 0.538 bits per heavy atom. The van der Waals surface area contributed by atoms with Gasteiger partial charge in [-0.1, -0.05) is 172 Å². The van der Waals surface area contributed by atoms with Gasteiger partial charge >= 0.3 is 0 Å². The van der Waals surface area contributed by atoms with Crippen LogP contribution in [-0.4, -0.2) is 87.9 Å². The zero-order chi connectivity index (χ0) is 79.6. The summed E-state index contributed by atoms with van der Waals surface area (Å²) in [7, 11) is 8.76. The van der Waals surface area contributed by atoms with Crippen LogP contribution in [0.2, 0.25) is 0 Å². The van der Waals surface area contributed by atoms with Crippen molar-refractivity contribution < 1.29 is 39.0 Å². The van der Waals surface area contributed by atoms with Gasteiger partial charge in [0.25, 0.3) is 5.65 Å². The van der Waals surface area contributed by atoms with Gasteiger partial charge < -0.3 is 48.7 Å². The van der Waals surface area contributed by atoms with Crippen molar-refractivity contribution in [1.29, 1.82) is 0 Å². The minimum absolute atomic E-state index is 0. The van der Waals surface area contributed by atoms with Crippen LogP contribution in [0.15, 0.2) is 277 Å². The minimum atomic E-state index is -0.125. The molecule has 0 bridgehead atoms. The average molecular weight is 1760 g/mol. The first-order valence-electron chi connectivity index (χ1n) is 42.2. The smallest absolute Gasteiger partial charge is 0.295 e. The van der Waals surface area contributed by atoms with Crippen LogP contribution in [0.3, 0.4) is 0 Å². The molecule has 10 aromatic carbocycles. The summed E-state index contributed by atoms with van der Waals surface area (Å²) in [6.45, 7) is 3.83. The van der Waals surface area contributed by atoms with E-state index in [-0.39, 0.29) is 31.6 Å². The number of hydrogen-bond donors (Lipinski definition) is 1. The molecule has 597 valence electrons. The molecule has 2 saturated carbocycles. The third kappa shape index (κ3) is 12.7. The van der Waals surface area contributed by atoms with Crippen LogP contribution >= 0.6 is 11.3 Å². The number of aliphatic hydroxyl groups excluding tert-OH is 1. The van der Waals surface area contributed by atoms with E-state index in [4.69, 9.17) is 9.52 Å². The summed E-state index contributed by atoms with van der Waals surface area (Å²) in [6, 6.07) is 82.2. The third-order valence-corrected chi connectivity index (χ3v) is 27.5. The number of hydrogen-bond acceptors (Lipinski definition) is 14. The Balaban J connectivity index is 0.0000000971. The van der Waals surface area contributed by atoms with Gasteiger partial charge in [0.2, 0.25) is 0 Å². The molecule has 1 radical (unpaired) electrons. The van der Waals surface area contributed by atoms with E-state index in [0.29, 0.717) is 42.4 Å². The summed E-state index contributed by atoms with van der Waals surface area (Å²) < 4.78 is 11.3. The van der Waals surface area contributed by atoms with Crippen molar-refractivity contribution in [2.45, 2.75) is 140 Å². The van der Waals surface area contributed by atoms with Gasteiger partial charge in [-0.25, -0.2) is 9.55 Å². The predicted octanol–water partition coefficient (Wildman–Crippen LogP) is 23.0. The van der Waals surface area contributed by atoms with Crippen molar-refractivity contribution >= 4 is 122 Å². The maximum atomic E-state index is 10.0. The molecule has 0 spiro atoms. The Morgan fingerprint density at radius 3 is 1.77 bits per heavy atom. The molecule has 1 N–H and O–H groups in total. The summed E-state index contributed by atoms with van der Waals surface area (Å²) in [5, 5.41) is 18.1. The van der Waals surface area contributed by atoms with Crippen LogP contribution in [-0.2, 0) is 44.3 Å². The van der Waals surface area contributed by atoms with Crippen molar-refractivity contribution in [2.75, 3.05) is 57.6 Å². The molecular weight excluding hydrogens is 1670 g/mol. The van der Waals surface area contributed by atoms with Crippen LogP contribution in [0.25, 0.3) is 82.0 Å². The number of imidazole rings is 1. The number of benzene rings is 10. The zero-order valence-electron chi connectivity index (χ0n) is 68.0. The Kier molecular flexibility index (Phi) is 19.8. The molecule has 2 fully saturated rings. The van der Waals surface area contributed by atoms with Gasteiger partial charge in [-0.15, -0.1) is 47.2 Å². The molecular formula is C102H96IrN12O3S. The van der Waals surface area contributed by atoms with Crippen LogP contribution in [0.4, 0.5) is 45.5 Å². The standard InChI is InChI=1S/C34H35N2.C23H20N4.C17H14N2O.C12H7N2S.C11H12N2.C5H8O2.Ir/c1-3-11-23(12-4-1)26-17-10-18-27(24-13-5-2-6-14-24)33(26)31-22-35-21-25-15-9-19-29-28-16-7-8-20-30(28)36(31)34(35)32(25)29;1-24-14-8-3-5-10-16(14)26-18-12-7-13-19-20(18)21(22(24)26)23-25(2)15-9-4-6-11-17(15)27(19)23;1-18-8-9-19-15(18)10-11-6-7-13-12-4-2-3-5-14(12)20-17(13)16(11)19;1-2-4-9(5-3-1)11-10-6-7-15-12(10)14-8-13-11;1-12-6-7-13-10-5-3-2-4-9(10)8-11(12)13;1-4(6)3-5(2)7;/h7-10,15-20,22-24H,1-6,11-14,21H2;3-13,21-23H,1-2H3;2-9,15H,10H2,1H3;1-4,6-8H;2-7,11H,8H2,1H3;3,6H,1-2H3;/q+1;;;-1;;;. The Labute approximate surface area is 712 Å². The molecule has 14 heterocycles. The second-order valence-electron chi connectivity index (χ2n) is 33.5. The molecule has 11 aliphatic rings. The van der Waals surface area contributed by atoms with Crippen LogP contribution < -0.4 is 34.0 Å². The molecule has 0 amide bonds. The largest absolute Gasteiger partial charge is 0.512 e. The molecule has 2 aliphatic carbocycles. The summed E-state index contributed by atoms with van der Waals surface area (Å²) in [5.41, 5.74) is 29.5. The number of pyridine rings is 1. The van der Waals surface area contributed by atoms with E-state index < -0.39 is 0 Å². The molecule has 119 heavy (non-hydrogen) atoms. The number of furan rings is 1. The van der Waals surface area contributed by atoms with E-state index in [2.05, 4.69) is 305 Å². The van der Waals surface area contributed by atoms with Gasteiger partial charge in [-0.05, 0) is 151 Å². The zero-order valence-corrected chi connectivity index (χ0v) is 71.2. The first-order chi connectivity index (χ1) is 57.9. The van der Waals surface area contributed by atoms with E-state index in [0.717, 1.165) is 52.0 Å². The molecule has 0 saturated heterocycles. The van der Waals surface area contributed by atoms with Gasteiger partial charge in [0.15, 0.2) is 17.1 Å². The molecule has 15 nitrogen and oxygen atoms in total. The summed E-state index contributed by atoms with van der Waals surface area (Å²) in [6.07, 6.45) is 31.3. The van der Waals surface area contributed by atoms with Crippen LogP contribution in [0.5, 0.6) is 0 Å². The number of fused-ring (bicyclic) bond motifs is 24. The fraction of sp³-hybridized carbons (Fsp3) is 0.255. The van der Waals surface area contributed by atoms with Crippen molar-refractivity contribution in [1.82, 2.24) is 24.2 Å². The normalized spacial score (nSPS) is 19.4. The Morgan fingerprint density at radius 2 is 1.11 bits per heavy atom. The van der Waals surface area contributed by atoms with E-state index in [9.17, 15) is 4.79 Å².